The number of rotatable bonds is 4. The zero-order valence-corrected chi connectivity index (χ0v) is 14.3. The second kappa shape index (κ2) is 7.35. The fourth-order valence-corrected chi connectivity index (χ4v) is 3.04. The molecule has 2 heterocycles. The second-order valence-corrected chi connectivity index (χ2v) is 6.16. The summed E-state index contributed by atoms with van der Waals surface area (Å²) in [7, 11) is 0. The van der Waals surface area contributed by atoms with Crippen molar-refractivity contribution in [3.63, 3.8) is 0 Å². The first kappa shape index (κ1) is 16.3. The number of benzene rings is 2. The van der Waals surface area contributed by atoms with Crippen LogP contribution in [0.5, 0.6) is 0 Å². The lowest BCUT2D eigenvalue weighted by molar-refractivity contribution is 0.0526. The summed E-state index contributed by atoms with van der Waals surface area (Å²) < 4.78 is 5.30. The van der Waals surface area contributed by atoms with Crippen LogP contribution in [0.2, 0.25) is 0 Å². The van der Waals surface area contributed by atoms with E-state index in [1.54, 1.807) is 6.20 Å². The molecule has 0 aliphatic carbocycles. The first-order valence-electron chi connectivity index (χ1n) is 8.70. The third-order valence-electron chi connectivity index (χ3n) is 4.43. The van der Waals surface area contributed by atoms with Gasteiger partial charge in [0.05, 0.1) is 6.54 Å². The van der Waals surface area contributed by atoms with Crippen LogP contribution in [0.4, 0.5) is 5.82 Å². The molecule has 0 N–H and O–H groups in total. The first-order chi connectivity index (χ1) is 12.8. The van der Waals surface area contributed by atoms with E-state index in [0.717, 1.165) is 18.5 Å². The number of fused-ring (bicyclic) bond motifs is 1. The first-order valence-corrected chi connectivity index (χ1v) is 8.70. The standard InChI is InChI=1S/C21H19N3O2/c25-21-18-15-22-19(17-9-5-2-6-10-17)23-20(18)24(13-14-26-21)12-11-16-7-3-1-4-8-16/h1-10,15H,11-14H2. The molecular weight excluding hydrogens is 326 g/mol. The van der Waals surface area contributed by atoms with E-state index in [1.165, 1.54) is 5.56 Å². The molecule has 3 aromatic rings. The van der Waals surface area contributed by atoms with E-state index in [-0.39, 0.29) is 5.97 Å². The minimum Gasteiger partial charge on any atom is -0.460 e. The van der Waals surface area contributed by atoms with Crippen molar-refractivity contribution in [2.45, 2.75) is 6.42 Å². The highest BCUT2D eigenvalue weighted by atomic mass is 16.5. The Kier molecular flexibility index (Phi) is 4.60. The summed E-state index contributed by atoms with van der Waals surface area (Å²) in [5, 5.41) is 0. The molecule has 0 amide bonds. The monoisotopic (exact) mass is 345 g/mol. The van der Waals surface area contributed by atoms with Gasteiger partial charge in [0, 0.05) is 18.3 Å². The van der Waals surface area contributed by atoms with Gasteiger partial charge in [-0.2, -0.15) is 0 Å². The fourth-order valence-electron chi connectivity index (χ4n) is 3.04. The lowest BCUT2D eigenvalue weighted by Gasteiger charge is -2.22. The summed E-state index contributed by atoms with van der Waals surface area (Å²) in [5.74, 6) is 0.905. The Bertz CT molecular complexity index is 898. The van der Waals surface area contributed by atoms with Gasteiger partial charge in [-0.25, -0.2) is 14.8 Å². The molecule has 1 aliphatic rings. The lowest BCUT2D eigenvalue weighted by Crippen LogP contribution is -2.29. The highest BCUT2D eigenvalue weighted by Gasteiger charge is 2.24. The molecule has 0 saturated carbocycles. The number of carbonyl (C=O) groups excluding carboxylic acids is 1. The summed E-state index contributed by atoms with van der Waals surface area (Å²) in [6.45, 7) is 1.74. The number of carbonyl (C=O) groups is 1. The number of anilines is 1. The molecule has 0 spiro atoms. The van der Waals surface area contributed by atoms with Crippen LogP contribution < -0.4 is 4.90 Å². The number of hydrogen-bond acceptors (Lipinski definition) is 5. The highest BCUT2D eigenvalue weighted by Crippen LogP contribution is 2.25. The van der Waals surface area contributed by atoms with Crippen molar-refractivity contribution in [1.29, 1.82) is 0 Å². The minimum absolute atomic E-state index is 0.352. The third kappa shape index (κ3) is 3.42. The Hall–Kier alpha value is -3.21. The summed E-state index contributed by atoms with van der Waals surface area (Å²) in [5.41, 5.74) is 2.61. The molecule has 1 aromatic heterocycles. The van der Waals surface area contributed by atoms with Gasteiger partial charge in [-0.05, 0) is 12.0 Å². The number of esters is 1. The molecule has 130 valence electrons. The van der Waals surface area contributed by atoms with E-state index in [0.29, 0.717) is 30.4 Å². The van der Waals surface area contributed by atoms with Crippen molar-refractivity contribution in [2.75, 3.05) is 24.6 Å². The number of nitrogens with zero attached hydrogens (tertiary/aromatic N) is 3. The molecule has 0 unspecified atom stereocenters. The van der Waals surface area contributed by atoms with E-state index in [4.69, 9.17) is 9.72 Å². The molecule has 0 bridgehead atoms. The van der Waals surface area contributed by atoms with E-state index in [2.05, 4.69) is 22.0 Å². The van der Waals surface area contributed by atoms with Gasteiger partial charge in [0.1, 0.15) is 18.0 Å². The normalized spacial score (nSPS) is 13.7. The van der Waals surface area contributed by atoms with Crippen LogP contribution in [0.1, 0.15) is 15.9 Å². The Labute approximate surface area is 152 Å². The van der Waals surface area contributed by atoms with E-state index in [1.807, 2.05) is 48.5 Å². The minimum atomic E-state index is -0.359. The van der Waals surface area contributed by atoms with Crippen molar-refractivity contribution in [1.82, 2.24) is 9.97 Å². The molecular formula is C21H19N3O2. The number of ether oxygens (including phenoxy) is 1. The van der Waals surface area contributed by atoms with Gasteiger partial charge in [-0.1, -0.05) is 60.7 Å². The molecule has 1 aliphatic heterocycles. The van der Waals surface area contributed by atoms with E-state index >= 15 is 0 Å². The van der Waals surface area contributed by atoms with Crippen molar-refractivity contribution in [2.24, 2.45) is 0 Å². The maximum Gasteiger partial charge on any atom is 0.343 e. The van der Waals surface area contributed by atoms with Crippen LogP contribution in [0.3, 0.4) is 0 Å². The molecule has 0 saturated heterocycles. The van der Waals surface area contributed by atoms with Crippen LogP contribution in [0.25, 0.3) is 11.4 Å². The molecule has 0 atom stereocenters. The SMILES string of the molecule is O=C1OCCN(CCc2ccccc2)c2nc(-c3ccccc3)ncc21. The van der Waals surface area contributed by atoms with Crippen LogP contribution in [0.15, 0.2) is 66.9 Å². The van der Waals surface area contributed by atoms with Gasteiger partial charge in [-0.3, -0.25) is 0 Å². The van der Waals surface area contributed by atoms with Gasteiger partial charge in [0.25, 0.3) is 0 Å². The Morgan fingerprint density at radius 2 is 1.73 bits per heavy atom. The molecule has 5 heteroatoms. The van der Waals surface area contributed by atoms with Crippen molar-refractivity contribution in [3.8, 4) is 11.4 Å². The highest BCUT2D eigenvalue weighted by molar-refractivity contribution is 5.95. The number of cyclic esters (lactones) is 1. The topological polar surface area (TPSA) is 55.3 Å². The number of hydrogen-bond donors (Lipinski definition) is 0. The van der Waals surface area contributed by atoms with E-state index in [9.17, 15) is 4.79 Å². The van der Waals surface area contributed by atoms with Gasteiger partial charge in [0.2, 0.25) is 0 Å². The number of aromatic nitrogens is 2. The summed E-state index contributed by atoms with van der Waals surface area (Å²) in [6, 6.07) is 20.1. The van der Waals surface area contributed by atoms with Crippen molar-refractivity contribution >= 4 is 11.8 Å². The smallest absolute Gasteiger partial charge is 0.343 e. The van der Waals surface area contributed by atoms with Gasteiger partial charge < -0.3 is 9.64 Å². The van der Waals surface area contributed by atoms with Crippen molar-refractivity contribution < 1.29 is 9.53 Å². The van der Waals surface area contributed by atoms with Crippen LogP contribution in [0, 0.1) is 0 Å². The predicted octanol–water partition coefficient (Wildman–Crippen LogP) is 3.36. The van der Waals surface area contributed by atoms with Gasteiger partial charge in [0.15, 0.2) is 5.82 Å². The average molecular weight is 345 g/mol. The zero-order valence-electron chi connectivity index (χ0n) is 14.3. The predicted molar refractivity (Wildman–Crippen MR) is 100 cm³/mol. The Morgan fingerprint density at radius 1 is 1.00 bits per heavy atom. The maximum atomic E-state index is 12.2. The van der Waals surface area contributed by atoms with Gasteiger partial charge in [-0.15, -0.1) is 0 Å². The molecule has 4 rings (SSSR count). The Balaban J connectivity index is 1.66. The second-order valence-electron chi connectivity index (χ2n) is 6.16. The van der Waals surface area contributed by atoms with Crippen molar-refractivity contribution in [3.05, 3.63) is 78.0 Å². The third-order valence-corrected chi connectivity index (χ3v) is 4.43. The molecule has 5 nitrogen and oxygen atoms in total. The van der Waals surface area contributed by atoms with E-state index < -0.39 is 0 Å². The molecule has 0 radical (unpaired) electrons. The molecule has 26 heavy (non-hydrogen) atoms. The molecule has 0 fully saturated rings. The van der Waals surface area contributed by atoms with Crippen LogP contribution in [-0.2, 0) is 11.2 Å². The quantitative estimate of drug-likeness (QED) is 0.679. The lowest BCUT2D eigenvalue weighted by atomic mass is 10.1. The summed E-state index contributed by atoms with van der Waals surface area (Å²) in [4.78, 5) is 23.4. The summed E-state index contributed by atoms with van der Waals surface area (Å²) in [6.07, 6.45) is 2.45. The van der Waals surface area contributed by atoms with Crippen LogP contribution in [-0.4, -0.2) is 35.6 Å². The average Bonchev–Trinajstić information content (AvgIpc) is 2.86. The van der Waals surface area contributed by atoms with Gasteiger partial charge >= 0.3 is 5.97 Å². The Morgan fingerprint density at radius 3 is 2.50 bits per heavy atom. The zero-order chi connectivity index (χ0) is 17.8. The maximum absolute atomic E-state index is 12.2. The molecule has 2 aromatic carbocycles. The largest absolute Gasteiger partial charge is 0.460 e. The van der Waals surface area contributed by atoms with Crippen LogP contribution >= 0.6 is 0 Å². The fraction of sp³-hybridized carbons (Fsp3) is 0.190. The summed E-state index contributed by atoms with van der Waals surface area (Å²) >= 11 is 0.